The zero-order valence-electron chi connectivity index (χ0n) is 18.5. The van der Waals surface area contributed by atoms with Crippen molar-refractivity contribution in [1.29, 1.82) is 0 Å². The molecule has 5 nitrogen and oxygen atoms in total. The monoisotopic (exact) mass is 461 g/mol. The predicted octanol–water partition coefficient (Wildman–Crippen LogP) is 4.64. The van der Waals surface area contributed by atoms with Crippen molar-refractivity contribution in [3.8, 4) is 0 Å². The van der Waals surface area contributed by atoms with Gasteiger partial charge in [-0.2, -0.15) is 0 Å². The van der Waals surface area contributed by atoms with Crippen molar-refractivity contribution in [3.05, 3.63) is 106 Å². The zero-order chi connectivity index (χ0) is 23.4. The summed E-state index contributed by atoms with van der Waals surface area (Å²) in [4.78, 5) is 32.2. The summed E-state index contributed by atoms with van der Waals surface area (Å²) >= 11 is 1.22. The van der Waals surface area contributed by atoms with E-state index in [0.29, 0.717) is 28.2 Å². The van der Waals surface area contributed by atoms with E-state index >= 15 is 0 Å². The number of para-hydroxylation sites is 1. The van der Waals surface area contributed by atoms with E-state index in [2.05, 4.69) is 4.98 Å². The lowest BCUT2D eigenvalue weighted by atomic mass is 10.1. The van der Waals surface area contributed by atoms with Gasteiger partial charge in [0.05, 0.1) is 23.2 Å². The lowest BCUT2D eigenvalue weighted by Gasteiger charge is -2.18. The number of halogens is 1. The minimum Gasteiger partial charge on any atom is -0.341 e. The highest BCUT2D eigenvalue weighted by Gasteiger charge is 2.16. The standard InChI is InChI=1S/C26H24FN3O2S/c1-18-11-13-19(14-12-18)15-30-25(32)21-8-4-6-10-23(21)28-26(30)33-17-24(31)29(2)16-20-7-3-5-9-22(20)27/h3-14H,15-17H2,1-2H3. The number of carbonyl (C=O) groups excluding carboxylic acids is 1. The van der Waals surface area contributed by atoms with E-state index in [1.165, 1.54) is 22.7 Å². The Hall–Kier alpha value is -3.45. The average Bonchev–Trinajstić information content (AvgIpc) is 2.82. The maximum Gasteiger partial charge on any atom is 0.262 e. The molecule has 168 valence electrons. The van der Waals surface area contributed by atoms with E-state index < -0.39 is 0 Å². The largest absolute Gasteiger partial charge is 0.341 e. The summed E-state index contributed by atoms with van der Waals surface area (Å²) in [6, 6.07) is 21.6. The quantitative estimate of drug-likeness (QED) is 0.297. The molecule has 3 aromatic carbocycles. The molecular formula is C26H24FN3O2S. The molecule has 0 spiro atoms. The minimum absolute atomic E-state index is 0.0869. The molecule has 0 unspecified atom stereocenters. The van der Waals surface area contributed by atoms with E-state index in [-0.39, 0.29) is 29.6 Å². The Kier molecular flexibility index (Phi) is 6.89. The number of carbonyl (C=O) groups is 1. The highest BCUT2D eigenvalue weighted by molar-refractivity contribution is 7.99. The number of aromatic nitrogens is 2. The Labute approximate surface area is 195 Å². The molecule has 0 aliphatic rings. The summed E-state index contributed by atoms with van der Waals surface area (Å²) < 4.78 is 15.6. The maximum absolute atomic E-state index is 14.0. The third kappa shape index (κ3) is 5.31. The van der Waals surface area contributed by atoms with E-state index in [4.69, 9.17) is 0 Å². The Morgan fingerprint density at radius 2 is 1.73 bits per heavy atom. The molecule has 0 N–H and O–H groups in total. The van der Waals surface area contributed by atoms with Crippen molar-refractivity contribution < 1.29 is 9.18 Å². The summed E-state index contributed by atoms with van der Waals surface area (Å²) in [5.41, 5.74) is 3.03. The molecule has 0 radical (unpaired) electrons. The molecule has 0 aliphatic carbocycles. The first kappa shape index (κ1) is 22.7. The van der Waals surface area contributed by atoms with Gasteiger partial charge in [-0.1, -0.05) is 71.9 Å². The van der Waals surface area contributed by atoms with Gasteiger partial charge in [-0.3, -0.25) is 14.2 Å². The van der Waals surface area contributed by atoms with Gasteiger partial charge in [-0.25, -0.2) is 9.37 Å². The van der Waals surface area contributed by atoms with Gasteiger partial charge in [0.2, 0.25) is 5.91 Å². The van der Waals surface area contributed by atoms with Crippen LogP contribution in [0.15, 0.2) is 82.7 Å². The lowest BCUT2D eigenvalue weighted by molar-refractivity contribution is -0.127. The Morgan fingerprint density at radius 3 is 2.48 bits per heavy atom. The van der Waals surface area contributed by atoms with Crippen molar-refractivity contribution in [2.75, 3.05) is 12.8 Å². The van der Waals surface area contributed by atoms with Crippen molar-refractivity contribution in [2.24, 2.45) is 0 Å². The highest BCUT2D eigenvalue weighted by atomic mass is 32.2. The van der Waals surface area contributed by atoms with Crippen molar-refractivity contribution in [2.45, 2.75) is 25.2 Å². The van der Waals surface area contributed by atoms with Gasteiger partial charge in [0.25, 0.3) is 5.56 Å². The lowest BCUT2D eigenvalue weighted by Crippen LogP contribution is -2.29. The summed E-state index contributed by atoms with van der Waals surface area (Å²) in [6.45, 7) is 2.55. The first-order chi connectivity index (χ1) is 15.9. The molecule has 0 atom stereocenters. The molecule has 0 aliphatic heterocycles. The number of amides is 1. The molecule has 0 saturated carbocycles. The Morgan fingerprint density at radius 1 is 1.03 bits per heavy atom. The molecule has 0 bridgehead atoms. The molecule has 7 heteroatoms. The average molecular weight is 462 g/mol. The van der Waals surface area contributed by atoms with Crippen LogP contribution in [0.1, 0.15) is 16.7 Å². The number of thioether (sulfide) groups is 1. The van der Waals surface area contributed by atoms with Crippen molar-refractivity contribution in [3.63, 3.8) is 0 Å². The number of hydrogen-bond donors (Lipinski definition) is 0. The van der Waals surface area contributed by atoms with Crippen LogP contribution in [0, 0.1) is 12.7 Å². The SMILES string of the molecule is Cc1ccc(Cn2c(SCC(=O)N(C)Cc3ccccc3F)nc3ccccc3c2=O)cc1. The van der Waals surface area contributed by atoms with Gasteiger partial charge in [-0.05, 0) is 30.7 Å². The molecular weight excluding hydrogens is 437 g/mol. The van der Waals surface area contributed by atoms with Gasteiger partial charge in [0.15, 0.2) is 5.16 Å². The van der Waals surface area contributed by atoms with Crippen LogP contribution >= 0.6 is 11.8 Å². The fraction of sp³-hybridized carbons (Fsp3) is 0.192. The van der Waals surface area contributed by atoms with Gasteiger partial charge >= 0.3 is 0 Å². The molecule has 4 aromatic rings. The second-order valence-corrected chi connectivity index (χ2v) is 8.86. The maximum atomic E-state index is 14.0. The summed E-state index contributed by atoms with van der Waals surface area (Å²) in [5.74, 6) is -0.427. The van der Waals surface area contributed by atoms with Crippen LogP contribution in [0.5, 0.6) is 0 Å². The van der Waals surface area contributed by atoms with Gasteiger partial charge in [0, 0.05) is 19.2 Å². The van der Waals surface area contributed by atoms with E-state index in [1.807, 2.05) is 43.3 Å². The van der Waals surface area contributed by atoms with E-state index in [0.717, 1.165) is 11.1 Å². The summed E-state index contributed by atoms with van der Waals surface area (Å²) in [5, 5.41) is 1.02. The molecule has 4 rings (SSSR count). The molecule has 1 aromatic heterocycles. The van der Waals surface area contributed by atoms with Crippen LogP contribution in [0.3, 0.4) is 0 Å². The van der Waals surface area contributed by atoms with Crippen LogP contribution in [-0.2, 0) is 17.9 Å². The topological polar surface area (TPSA) is 55.2 Å². The van der Waals surface area contributed by atoms with E-state index in [1.54, 1.807) is 41.9 Å². The van der Waals surface area contributed by atoms with Crippen molar-refractivity contribution in [1.82, 2.24) is 14.5 Å². The highest BCUT2D eigenvalue weighted by Crippen LogP contribution is 2.20. The van der Waals surface area contributed by atoms with Crippen LogP contribution in [-0.4, -0.2) is 33.2 Å². The molecule has 33 heavy (non-hydrogen) atoms. The second kappa shape index (κ2) is 10.0. The molecule has 1 amide bonds. The minimum atomic E-state index is -0.340. The smallest absolute Gasteiger partial charge is 0.262 e. The van der Waals surface area contributed by atoms with Crippen LogP contribution in [0.25, 0.3) is 10.9 Å². The van der Waals surface area contributed by atoms with Gasteiger partial charge in [0.1, 0.15) is 5.82 Å². The predicted molar refractivity (Wildman–Crippen MR) is 130 cm³/mol. The second-order valence-electron chi connectivity index (χ2n) is 7.92. The van der Waals surface area contributed by atoms with Gasteiger partial charge in [-0.15, -0.1) is 0 Å². The van der Waals surface area contributed by atoms with Crippen molar-refractivity contribution >= 4 is 28.6 Å². The summed E-state index contributed by atoms with van der Waals surface area (Å²) in [7, 11) is 1.64. The molecule has 0 fully saturated rings. The Bertz CT molecular complexity index is 1350. The number of aryl methyl sites for hydroxylation is 1. The number of hydrogen-bond acceptors (Lipinski definition) is 4. The van der Waals surface area contributed by atoms with E-state index in [9.17, 15) is 14.0 Å². The van der Waals surface area contributed by atoms with Gasteiger partial charge < -0.3 is 4.90 Å². The number of fused-ring (bicyclic) bond motifs is 1. The Balaban J connectivity index is 1.58. The number of benzene rings is 3. The normalized spacial score (nSPS) is 11.0. The fourth-order valence-electron chi connectivity index (χ4n) is 3.48. The third-order valence-electron chi connectivity index (χ3n) is 5.40. The number of rotatable bonds is 7. The zero-order valence-corrected chi connectivity index (χ0v) is 19.3. The van der Waals surface area contributed by atoms with Crippen LogP contribution in [0.4, 0.5) is 4.39 Å². The summed E-state index contributed by atoms with van der Waals surface area (Å²) in [6.07, 6.45) is 0. The van der Waals surface area contributed by atoms with Crippen LogP contribution in [0.2, 0.25) is 0 Å². The number of nitrogens with zero attached hydrogens (tertiary/aromatic N) is 3. The molecule has 1 heterocycles. The molecule has 0 saturated heterocycles. The first-order valence-electron chi connectivity index (χ1n) is 10.6. The van der Waals surface area contributed by atoms with Crippen LogP contribution < -0.4 is 5.56 Å². The fourth-order valence-corrected chi connectivity index (χ4v) is 4.42. The first-order valence-corrected chi connectivity index (χ1v) is 11.6. The third-order valence-corrected chi connectivity index (χ3v) is 6.36.